The number of amides is 1. The van der Waals surface area contributed by atoms with Crippen LogP contribution in [-0.2, 0) is 0 Å². The Morgan fingerprint density at radius 2 is 2.12 bits per heavy atom. The lowest BCUT2D eigenvalue weighted by Crippen LogP contribution is -2.41. The highest BCUT2D eigenvalue weighted by molar-refractivity contribution is 7.10. The van der Waals surface area contributed by atoms with Gasteiger partial charge in [-0.1, -0.05) is 31.2 Å². The molecule has 0 spiro atoms. The molecule has 26 heavy (non-hydrogen) atoms. The van der Waals surface area contributed by atoms with Gasteiger partial charge in [0, 0.05) is 16.8 Å². The third-order valence-corrected chi connectivity index (χ3v) is 6.25. The van der Waals surface area contributed by atoms with Crippen LogP contribution >= 0.6 is 11.3 Å². The Bertz CT molecular complexity index is 865. The van der Waals surface area contributed by atoms with Gasteiger partial charge in [-0.25, -0.2) is 0 Å². The third-order valence-electron chi connectivity index (χ3n) is 5.27. The monoisotopic (exact) mass is 368 g/mol. The predicted molar refractivity (Wildman–Crippen MR) is 105 cm³/mol. The van der Waals surface area contributed by atoms with Gasteiger partial charge in [0.15, 0.2) is 5.69 Å². The smallest absolute Gasteiger partial charge is 0.272 e. The third kappa shape index (κ3) is 3.52. The topological polar surface area (TPSA) is 61.0 Å². The van der Waals surface area contributed by atoms with Gasteiger partial charge < -0.3 is 5.32 Å². The highest BCUT2D eigenvalue weighted by Gasteiger charge is 2.26. The summed E-state index contributed by atoms with van der Waals surface area (Å²) in [5.41, 5.74) is 1.36. The highest BCUT2D eigenvalue weighted by Crippen LogP contribution is 2.29. The van der Waals surface area contributed by atoms with Crippen LogP contribution in [0.5, 0.6) is 0 Å². The zero-order valence-electron chi connectivity index (χ0n) is 14.9. The fourth-order valence-electron chi connectivity index (χ4n) is 3.64. The van der Waals surface area contributed by atoms with E-state index < -0.39 is 0 Å². The van der Waals surface area contributed by atoms with Crippen LogP contribution in [0.4, 0.5) is 0 Å². The number of carbonyl (C=O) groups is 1. The lowest BCUT2D eigenvalue weighted by molar-refractivity contribution is 0.0911. The first-order valence-electron chi connectivity index (χ1n) is 9.21. The molecule has 136 valence electrons. The number of aromatic nitrogens is 2. The number of fused-ring (bicyclic) bond motifs is 1. The molecule has 1 atom stereocenters. The number of aromatic amines is 1. The van der Waals surface area contributed by atoms with Crippen LogP contribution in [0, 0.1) is 5.92 Å². The maximum Gasteiger partial charge on any atom is 0.272 e. The number of rotatable bonds is 5. The molecule has 2 aromatic heterocycles. The van der Waals surface area contributed by atoms with Crippen LogP contribution in [-0.4, -0.2) is 40.6 Å². The fraction of sp³-hybridized carbons (Fsp3) is 0.400. The molecule has 3 aromatic rings. The van der Waals surface area contributed by atoms with Crippen molar-refractivity contribution in [1.29, 1.82) is 0 Å². The van der Waals surface area contributed by atoms with Crippen molar-refractivity contribution in [2.45, 2.75) is 25.8 Å². The predicted octanol–water partition coefficient (Wildman–Crippen LogP) is 3.83. The molecule has 0 bridgehead atoms. The van der Waals surface area contributed by atoms with Crippen molar-refractivity contribution in [3.05, 3.63) is 52.3 Å². The fourth-order valence-corrected chi connectivity index (χ4v) is 4.50. The van der Waals surface area contributed by atoms with E-state index in [1.54, 1.807) is 11.3 Å². The molecule has 3 heterocycles. The average molecular weight is 369 g/mol. The molecule has 0 unspecified atom stereocenters. The molecule has 1 fully saturated rings. The van der Waals surface area contributed by atoms with Gasteiger partial charge in [0.1, 0.15) is 0 Å². The van der Waals surface area contributed by atoms with Gasteiger partial charge in [-0.3, -0.25) is 14.8 Å². The summed E-state index contributed by atoms with van der Waals surface area (Å²) in [7, 11) is 0. The second kappa shape index (κ2) is 7.60. The van der Waals surface area contributed by atoms with E-state index in [0.717, 1.165) is 29.9 Å². The number of carbonyl (C=O) groups excluding carboxylic acids is 1. The van der Waals surface area contributed by atoms with E-state index in [1.165, 1.54) is 17.7 Å². The van der Waals surface area contributed by atoms with Crippen LogP contribution < -0.4 is 5.32 Å². The summed E-state index contributed by atoms with van der Waals surface area (Å²) >= 11 is 1.76. The summed E-state index contributed by atoms with van der Waals surface area (Å²) in [5, 5.41) is 13.2. The van der Waals surface area contributed by atoms with Crippen molar-refractivity contribution < 1.29 is 4.79 Å². The standard InChI is InChI=1S/C20H24N4OS/c1-14-8-10-24(11-9-14)17(18-7-4-12-26-18)13-21-20(25)19-15-5-2-3-6-16(15)22-23-19/h2-7,12,14,17H,8-11,13H2,1H3,(H,21,25)(H,22,23)/t17-/m1/s1. The number of likely N-dealkylation sites (tertiary alicyclic amines) is 1. The highest BCUT2D eigenvalue weighted by atomic mass is 32.1. The van der Waals surface area contributed by atoms with E-state index >= 15 is 0 Å². The van der Waals surface area contributed by atoms with E-state index in [4.69, 9.17) is 0 Å². The normalized spacial score (nSPS) is 17.4. The first kappa shape index (κ1) is 17.2. The molecule has 1 aromatic carbocycles. The van der Waals surface area contributed by atoms with E-state index in [2.05, 4.69) is 44.9 Å². The number of hydrogen-bond acceptors (Lipinski definition) is 4. The van der Waals surface area contributed by atoms with E-state index in [1.807, 2.05) is 24.3 Å². The molecule has 1 aliphatic heterocycles. The summed E-state index contributed by atoms with van der Waals surface area (Å²) in [6.45, 7) is 5.10. The van der Waals surface area contributed by atoms with Crippen LogP contribution in [0.1, 0.15) is 41.2 Å². The Kier molecular flexibility index (Phi) is 5.04. The summed E-state index contributed by atoms with van der Waals surface area (Å²) in [6, 6.07) is 12.2. The Labute approximate surface area is 157 Å². The Hall–Kier alpha value is -2.18. The molecular weight excluding hydrogens is 344 g/mol. The van der Waals surface area contributed by atoms with E-state index in [9.17, 15) is 4.79 Å². The molecule has 0 aliphatic carbocycles. The maximum absolute atomic E-state index is 12.7. The number of benzene rings is 1. The number of H-pyrrole nitrogens is 1. The zero-order chi connectivity index (χ0) is 17.9. The van der Waals surface area contributed by atoms with Crippen molar-refractivity contribution in [1.82, 2.24) is 20.4 Å². The Morgan fingerprint density at radius 3 is 2.88 bits per heavy atom. The van der Waals surface area contributed by atoms with Crippen LogP contribution in [0.25, 0.3) is 10.9 Å². The molecule has 1 aliphatic rings. The molecular formula is C20H24N4OS. The van der Waals surface area contributed by atoms with Gasteiger partial charge in [-0.2, -0.15) is 5.10 Å². The minimum atomic E-state index is -0.116. The molecule has 0 saturated carbocycles. The molecule has 2 N–H and O–H groups in total. The molecule has 0 radical (unpaired) electrons. The van der Waals surface area contributed by atoms with Gasteiger partial charge >= 0.3 is 0 Å². The van der Waals surface area contributed by atoms with Crippen molar-refractivity contribution >= 4 is 28.1 Å². The van der Waals surface area contributed by atoms with E-state index in [0.29, 0.717) is 12.2 Å². The van der Waals surface area contributed by atoms with Gasteiger partial charge in [0.05, 0.1) is 11.6 Å². The van der Waals surface area contributed by atoms with Gasteiger partial charge in [-0.05, 0) is 49.4 Å². The summed E-state index contributed by atoms with van der Waals surface area (Å²) in [4.78, 5) is 16.5. The van der Waals surface area contributed by atoms with Crippen LogP contribution in [0.2, 0.25) is 0 Å². The molecule has 1 saturated heterocycles. The number of nitrogens with one attached hydrogen (secondary N) is 2. The number of para-hydroxylation sites is 1. The quantitative estimate of drug-likeness (QED) is 0.719. The SMILES string of the molecule is CC1CCN([C@H](CNC(=O)c2n[nH]c3ccccc23)c2cccs2)CC1. The summed E-state index contributed by atoms with van der Waals surface area (Å²) in [6.07, 6.45) is 2.44. The molecule has 5 nitrogen and oxygen atoms in total. The first-order chi connectivity index (χ1) is 12.7. The number of nitrogens with zero attached hydrogens (tertiary/aromatic N) is 2. The number of hydrogen-bond donors (Lipinski definition) is 2. The minimum Gasteiger partial charge on any atom is -0.349 e. The number of piperidine rings is 1. The first-order valence-corrected chi connectivity index (χ1v) is 10.1. The lowest BCUT2D eigenvalue weighted by atomic mass is 9.97. The van der Waals surface area contributed by atoms with Gasteiger partial charge in [0.2, 0.25) is 0 Å². The second-order valence-corrected chi connectivity index (χ2v) is 8.06. The summed E-state index contributed by atoms with van der Waals surface area (Å²) < 4.78 is 0. The van der Waals surface area contributed by atoms with Crippen molar-refractivity contribution in [2.75, 3.05) is 19.6 Å². The van der Waals surface area contributed by atoms with Gasteiger partial charge in [0.25, 0.3) is 5.91 Å². The van der Waals surface area contributed by atoms with Crippen molar-refractivity contribution in [2.24, 2.45) is 5.92 Å². The lowest BCUT2D eigenvalue weighted by Gasteiger charge is -2.36. The van der Waals surface area contributed by atoms with Gasteiger partial charge in [-0.15, -0.1) is 11.3 Å². The van der Waals surface area contributed by atoms with E-state index in [-0.39, 0.29) is 11.9 Å². The summed E-state index contributed by atoms with van der Waals surface area (Å²) in [5.74, 6) is 0.676. The number of thiophene rings is 1. The molecule has 1 amide bonds. The largest absolute Gasteiger partial charge is 0.349 e. The van der Waals surface area contributed by atoms with Crippen LogP contribution in [0.3, 0.4) is 0 Å². The molecule has 6 heteroatoms. The minimum absolute atomic E-state index is 0.116. The average Bonchev–Trinajstić information content (AvgIpc) is 3.33. The molecule has 4 rings (SSSR count). The van der Waals surface area contributed by atoms with Crippen molar-refractivity contribution in [3.8, 4) is 0 Å². The second-order valence-electron chi connectivity index (χ2n) is 7.08. The van der Waals surface area contributed by atoms with Crippen molar-refractivity contribution in [3.63, 3.8) is 0 Å². The Morgan fingerprint density at radius 1 is 1.31 bits per heavy atom. The maximum atomic E-state index is 12.7. The Balaban J connectivity index is 1.48. The zero-order valence-corrected chi connectivity index (χ0v) is 15.8. The van der Waals surface area contributed by atoms with Crippen LogP contribution in [0.15, 0.2) is 41.8 Å².